The lowest BCUT2D eigenvalue weighted by Gasteiger charge is -2.18. The topological polar surface area (TPSA) is 95.8 Å². The zero-order valence-corrected chi connectivity index (χ0v) is 15.4. The molecular formula is C19H22N4O4. The quantitative estimate of drug-likeness (QED) is 0.837. The Labute approximate surface area is 157 Å². The number of anilines is 1. The third kappa shape index (κ3) is 4.72. The van der Waals surface area contributed by atoms with Crippen LogP contribution in [-0.2, 0) is 16.1 Å². The first-order valence-corrected chi connectivity index (χ1v) is 8.78. The number of carbonyl (C=O) groups excluding carboxylic acids is 3. The van der Waals surface area contributed by atoms with E-state index < -0.39 is 0 Å². The third-order valence-corrected chi connectivity index (χ3v) is 4.34. The molecular weight excluding hydrogens is 348 g/mol. The molecule has 8 nitrogen and oxygen atoms in total. The Kier molecular flexibility index (Phi) is 5.54. The van der Waals surface area contributed by atoms with Gasteiger partial charge in [-0.15, -0.1) is 0 Å². The van der Waals surface area contributed by atoms with Gasteiger partial charge in [0.25, 0.3) is 5.91 Å². The van der Waals surface area contributed by atoms with Crippen molar-refractivity contribution >= 4 is 23.5 Å². The molecule has 3 amide bonds. The highest BCUT2D eigenvalue weighted by molar-refractivity contribution is 5.99. The van der Waals surface area contributed by atoms with Crippen LogP contribution in [0.5, 0.6) is 0 Å². The molecule has 2 heterocycles. The van der Waals surface area contributed by atoms with Gasteiger partial charge >= 0.3 is 0 Å². The van der Waals surface area contributed by atoms with Gasteiger partial charge < -0.3 is 19.6 Å². The SMILES string of the molecule is Cc1cc(NC(=O)CN(C)C(=O)c2cccc(CN3CCCC3=O)c2)no1. The normalized spacial score (nSPS) is 13.7. The number of benzene rings is 1. The molecule has 1 aromatic heterocycles. The molecule has 27 heavy (non-hydrogen) atoms. The second kappa shape index (κ2) is 8.03. The molecule has 0 saturated carbocycles. The van der Waals surface area contributed by atoms with Gasteiger partial charge in [0.05, 0.1) is 6.54 Å². The average molecular weight is 370 g/mol. The fourth-order valence-corrected chi connectivity index (χ4v) is 3.01. The number of carbonyl (C=O) groups is 3. The number of likely N-dealkylation sites (tertiary alicyclic amines) is 1. The summed E-state index contributed by atoms with van der Waals surface area (Å²) in [5, 5.41) is 6.27. The first-order valence-electron chi connectivity index (χ1n) is 8.78. The number of amides is 3. The number of nitrogens with one attached hydrogen (secondary N) is 1. The Bertz CT molecular complexity index is 861. The van der Waals surface area contributed by atoms with Crippen LogP contribution < -0.4 is 5.32 Å². The van der Waals surface area contributed by atoms with Gasteiger partial charge in [-0.2, -0.15) is 0 Å². The van der Waals surface area contributed by atoms with Crippen LogP contribution in [0.4, 0.5) is 5.82 Å². The summed E-state index contributed by atoms with van der Waals surface area (Å²) in [5.74, 6) is 0.413. The van der Waals surface area contributed by atoms with Gasteiger partial charge in [-0.25, -0.2) is 0 Å². The molecule has 1 fully saturated rings. The Morgan fingerprint density at radius 1 is 1.33 bits per heavy atom. The summed E-state index contributed by atoms with van der Waals surface area (Å²) >= 11 is 0. The van der Waals surface area contributed by atoms with Crippen LogP contribution in [0.2, 0.25) is 0 Å². The summed E-state index contributed by atoms with van der Waals surface area (Å²) in [4.78, 5) is 39.6. The van der Waals surface area contributed by atoms with Crippen molar-refractivity contribution in [3.05, 3.63) is 47.2 Å². The molecule has 0 radical (unpaired) electrons. The summed E-state index contributed by atoms with van der Waals surface area (Å²) in [6.07, 6.45) is 1.46. The Hall–Kier alpha value is -3.16. The molecule has 2 aromatic rings. The number of nitrogens with zero attached hydrogens (tertiary/aromatic N) is 3. The van der Waals surface area contributed by atoms with Crippen molar-refractivity contribution in [2.24, 2.45) is 0 Å². The van der Waals surface area contributed by atoms with E-state index >= 15 is 0 Å². The minimum atomic E-state index is -0.363. The second-order valence-corrected chi connectivity index (χ2v) is 6.65. The lowest BCUT2D eigenvalue weighted by molar-refractivity contribution is -0.128. The van der Waals surface area contributed by atoms with Crippen LogP contribution in [-0.4, -0.2) is 52.8 Å². The molecule has 1 N–H and O–H groups in total. The van der Waals surface area contributed by atoms with Gasteiger partial charge in [-0.05, 0) is 31.0 Å². The minimum Gasteiger partial charge on any atom is -0.360 e. The van der Waals surface area contributed by atoms with Crippen LogP contribution in [0.1, 0.15) is 34.5 Å². The van der Waals surface area contributed by atoms with Crippen molar-refractivity contribution in [3.8, 4) is 0 Å². The van der Waals surface area contributed by atoms with Crippen LogP contribution in [0.3, 0.4) is 0 Å². The third-order valence-electron chi connectivity index (χ3n) is 4.34. The van der Waals surface area contributed by atoms with Crippen molar-refractivity contribution in [1.29, 1.82) is 0 Å². The smallest absolute Gasteiger partial charge is 0.254 e. The van der Waals surface area contributed by atoms with Gasteiger partial charge in [0.2, 0.25) is 11.8 Å². The average Bonchev–Trinajstić information content (AvgIpc) is 3.22. The Morgan fingerprint density at radius 3 is 2.81 bits per heavy atom. The fraction of sp³-hybridized carbons (Fsp3) is 0.368. The van der Waals surface area contributed by atoms with E-state index in [1.165, 1.54) is 4.90 Å². The Balaban J connectivity index is 1.59. The zero-order chi connectivity index (χ0) is 19.4. The van der Waals surface area contributed by atoms with Crippen molar-refractivity contribution in [2.45, 2.75) is 26.3 Å². The molecule has 3 rings (SSSR count). The number of hydrogen-bond donors (Lipinski definition) is 1. The summed E-state index contributed by atoms with van der Waals surface area (Å²) in [6, 6.07) is 8.75. The van der Waals surface area contributed by atoms with E-state index in [9.17, 15) is 14.4 Å². The maximum atomic E-state index is 12.6. The minimum absolute atomic E-state index is 0.112. The number of aromatic nitrogens is 1. The lowest BCUT2D eigenvalue weighted by Crippen LogP contribution is -2.35. The molecule has 0 aliphatic carbocycles. The molecule has 1 aromatic carbocycles. The van der Waals surface area contributed by atoms with E-state index in [-0.39, 0.29) is 24.3 Å². The van der Waals surface area contributed by atoms with E-state index in [0.717, 1.165) is 18.5 Å². The molecule has 0 unspecified atom stereocenters. The van der Waals surface area contributed by atoms with Gasteiger partial charge in [-0.1, -0.05) is 17.3 Å². The van der Waals surface area contributed by atoms with Crippen molar-refractivity contribution in [3.63, 3.8) is 0 Å². The standard InChI is InChI=1S/C19H22N4O4/c1-13-9-16(21-27-13)20-17(24)12-22(2)19(26)15-6-3-5-14(10-15)11-23-8-4-7-18(23)25/h3,5-6,9-10H,4,7-8,11-12H2,1-2H3,(H,20,21,24). The van der Waals surface area contributed by atoms with E-state index in [2.05, 4.69) is 10.5 Å². The zero-order valence-electron chi connectivity index (χ0n) is 15.4. The molecule has 1 aliphatic heterocycles. The van der Waals surface area contributed by atoms with Gasteiger partial charge in [0.1, 0.15) is 5.76 Å². The predicted molar refractivity (Wildman–Crippen MR) is 97.9 cm³/mol. The van der Waals surface area contributed by atoms with E-state index in [4.69, 9.17) is 4.52 Å². The van der Waals surface area contributed by atoms with Gasteiger partial charge in [0, 0.05) is 38.2 Å². The predicted octanol–water partition coefficient (Wildman–Crippen LogP) is 1.82. The number of hydrogen-bond acceptors (Lipinski definition) is 5. The van der Waals surface area contributed by atoms with Crippen LogP contribution in [0, 0.1) is 6.92 Å². The van der Waals surface area contributed by atoms with Gasteiger partial charge in [-0.3, -0.25) is 14.4 Å². The highest BCUT2D eigenvalue weighted by Crippen LogP contribution is 2.16. The number of rotatable bonds is 6. The summed E-state index contributed by atoms with van der Waals surface area (Å²) < 4.78 is 4.89. The maximum absolute atomic E-state index is 12.6. The monoisotopic (exact) mass is 370 g/mol. The van der Waals surface area contributed by atoms with Crippen molar-refractivity contribution in [2.75, 3.05) is 25.5 Å². The van der Waals surface area contributed by atoms with Gasteiger partial charge in [0.15, 0.2) is 5.82 Å². The highest BCUT2D eigenvalue weighted by Gasteiger charge is 2.21. The van der Waals surface area contributed by atoms with Crippen LogP contribution in [0.15, 0.2) is 34.9 Å². The Morgan fingerprint density at radius 2 is 2.15 bits per heavy atom. The number of aryl methyl sites for hydroxylation is 1. The number of likely N-dealkylation sites (N-methyl/N-ethyl adjacent to an activating group) is 1. The first kappa shape index (κ1) is 18.6. The van der Waals surface area contributed by atoms with E-state index in [0.29, 0.717) is 30.1 Å². The summed E-state index contributed by atoms with van der Waals surface area (Å²) in [6.45, 7) is 2.86. The molecule has 1 saturated heterocycles. The molecule has 8 heteroatoms. The molecule has 0 bridgehead atoms. The van der Waals surface area contributed by atoms with Crippen molar-refractivity contribution < 1.29 is 18.9 Å². The fourth-order valence-electron chi connectivity index (χ4n) is 3.01. The molecule has 1 aliphatic rings. The van der Waals surface area contributed by atoms with E-state index in [1.807, 2.05) is 6.07 Å². The first-order chi connectivity index (χ1) is 12.9. The second-order valence-electron chi connectivity index (χ2n) is 6.65. The highest BCUT2D eigenvalue weighted by atomic mass is 16.5. The molecule has 0 spiro atoms. The molecule has 0 atom stereocenters. The summed E-state index contributed by atoms with van der Waals surface area (Å²) in [5.41, 5.74) is 1.37. The van der Waals surface area contributed by atoms with Crippen molar-refractivity contribution in [1.82, 2.24) is 15.0 Å². The maximum Gasteiger partial charge on any atom is 0.254 e. The van der Waals surface area contributed by atoms with E-state index in [1.54, 1.807) is 43.1 Å². The summed E-state index contributed by atoms with van der Waals surface area (Å²) in [7, 11) is 1.56. The largest absolute Gasteiger partial charge is 0.360 e. The van der Waals surface area contributed by atoms with Crippen LogP contribution in [0.25, 0.3) is 0 Å². The molecule has 142 valence electrons. The lowest BCUT2D eigenvalue weighted by atomic mass is 10.1. The van der Waals surface area contributed by atoms with Crippen LogP contribution >= 0.6 is 0 Å².